The lowest BCUT2D eigenvalue weighted by Gasteiger charge is -2.12. The smallest absolute Gasteiger partial charge is 0.0272 e. The van der Waals surface area contributed by atoms with Gasteiger partial charge in [0, 0.05) is 0 Å². The van der Waals surface area contributed by atoms with Crippen molar-refractivity contribution < 1.29 is 0 Å². The zero-order chi connectivity index (χ0) is 15.1. The van der Waals surface area contributed by atoms with Crippen LogP contribution in [0.3, 0.4) is 0 Å². The van der Waals surface area contributed by atoms with Gasteiger partial charge in [-0.3, -0.25) is 0 Å². The molecule has 20 heavy (non-hydrogen) atoms. The van der Waals surface area contributed by atoms with Crippen molar-refractivity contribution in [3.05, 3.63) is 5.92 Å². The molecular formula is C20H41. The SMILES string of the molecule is CCCCCCCCCCCCC[C](C)CCC(C)C. The second-order valence-corrected chi connectivity index (χ2v) is 7.18. The Morgan fingerprint density at radius 1 is 0.650 bits per heavy atom. The maximum Gasteiger partial charge on any atom is -0.0272 e. The molecule has 0 aliphatic carbocycles. The fourth-order valence-electron chi connectivity index (χ4n) is 2.75. The summed E-state index contributed by atoms with van der Waals surface area (Å²) in [6, 6.07) is 0. The molecule has 0 heterocycles. The van der Waals surface area contributed by atoms with E-state index < -0.39 is 0 Å². The van der Waals surface area contributed by atoms with Crippen LogP contribution in [0, 0.1) is 11.8 Å². The van der Waals surface area contributed by atoms with E-state index in [-0.39, 0.29) is 0 Å². The third-order valence-corrected chi connectivity index (χ3v) is 4.36. The molecule has 0 nitrogen and oxygen atoms in total. The molecule has 0 aliphatic heterocycles. The van der Waals surface area contributed by atoms with Crippen LogP contribution in [0.1, 0.15) is 118 Å². The molecule has 0 saturated carbocycles. The van der Waals surface area contributed by atoms with Crippen LogP contribution in [0.4, 0.5) is 0 Å². The van der Waals surface area contributed by atoms with Gasteiger partial charge in [0.05, 0.1) is 0 Å². The Morgan fingerprint density at radius 2 is 1.10 bits per heavy atom. The van der Waals surface area contributed by atoms with Crippen molar-refractivity contribution >= 4 is 0 Å². The second kappa shape index (κ2) is 15.4. The van der Waals surface area contributed by atoms with E-state index in [9.17, 15) is 0 Å². The van der Waals surface area contributed by atoms with Crippen molar-refractivity contribution in [1.29, 1.82) is 0 Å². The van der Waals surface area contributed by atoms with E-state index in [2.05, 4.69) is 27.7 Å². The second-order valence-electron chi connectivity index (χ2n) is 7.18. The van der Waals surface area contributed by atoms with E-state index in [0.717, 1.165) is 5.92 Å². The van der Waals surface area contributed by atoms with Gasteiger partial charge in [-0.25, -0.2) is 0 Å². The van der Waals surface area contributed by atoms with Crippen molar-refractivity contribution in [1.82, 2.24) is 0 Å². The Kier molecular flexibility index (Phi) is 15.4. The first-order valence-electron chi connectivity index (χ1n) is 9.48. The normalized spacial score (nSPS) is 11.7. The Labute approximate surface area is 130 Å². The monoisotopic (exact) mass is 281 g/mol. The highest BCUT2D eigenvalue weighted by Crippen LogP contribution is 2.20. The maximum atomic E-state index is 2.36. The Morgan fingerprint density at radius 3 is 1.55 bits per heavy atom. The molecule has 0 aromatic rings. The molecule has 0 saturated heterocycles. The van der Waals surface area contributed by atoms with Crippen LogP contribution >= 0.6 is 0 Å². The molecular weight excluding hydrogens is 240 g/mol. The summed E-state index contributed by atoms with van der Waals surface area (Å²) in [5.41, 5.74) is 0. The maximum absolute atomic E-state index is 2.36. The van der Waals surface area contributed by atoms with Crippen LogP contribution in [-0.2, 0) is 0 Å². The van der Waals surface area contributed by atoms with E-state index in [0.29, 0.717) is 0 Å². The number of unbranched alkanes of at least 4 members (excludes halogenated alkanes) is 10. The van der Waals surface area contributed by atoms with Crippen molar-refractivity contribution in [2.45, 2.75) is 118 Å². The fourth-order valence-corrected chi connectivity index (χ4v) is 2.75. The fraction of sp³-hybridized carbons (Fsp3) is 0.950. The zero-order valence-corrected chi connectivity index (χ0v) is 15.0. The molecule has 0 aromatic carbocycles. The lowest BCUT2D eigenvalue weighted by molar-refractivity contribution is 0.521. The third kappa shape index (κ3) is 16.1. The van der Waals surface area contributed by atoms with Crippen LogP contribution in [0.25, 0.3) is 0 Å². The highest BCUT2D eigenvalue weighted by molar-refractivity contribution is 4.83. The molecule has 0 aliphatic rings. The van der Waals surface area contributed by atoms with Crippen molar-refractivity contribution in [3.8, 4) is 0 Å². The lowest BCUT2D eigenvalue weighted by atomic mass is 9.94. The van der Waals surface area contributed by atoms with Crippen LogP contribution in [0.2, 0.25) is 0 Å². The molecule has 0 N–H and O–H groups in total. The molecule has 0 rings (SSSR count). The summed E-state index contributed by atoms with van der Waals surface area (Å²) in [6.45, 7) is 9.31. The van der Waals surface area contributed by atoms with Crippen LogP contribution in [-0.4, -0.2) is 0 Å². The number of hydrogen-bond donors (Lipinski definition) is 0. The Bertz CT molecular complexity index is 171. The summed E-state index contributed by atoms with van der Waals surface area (Å²) in [7, 11) is 0. The molecule has 0 unspecified atom stereocenters. The lowest BCUT2D eigenvalue weighted by Crippen LogP contribution is -1.96. The van der Waals surface area contributed by atoms with Gasteiger partial charge in [0.2, 0.25) is 0 Å². The van der Waals surface area contributed by atoms with E-state index in [4.69, 9.17) is 0 Å². The molecule has 0 heteroatoms. The summed E-state index contributed by atoms with van der Waals surface area (Å²) < 4.78 is 0. The topological polar surface area (TPSA) is 0 Å². The molecule has 0 spiro atoms. The minimum absolute atomic E-state index is 0.863. The summed E-state index contributed by atoms with van der Waals surface area (Å²) in [6.07, 6.45) is 20.1. The molecule has 1 radical (unpaired) electrons. The van der Waals surface area contributed by atoms with Crippen molar-refractivity contribution in [3.63, 3.8) is 0 Å². The number of hydrogen-bond acceptors (Lipinski definition) is 0. The third-order valence-electron chi connectivity index (χ3n) is 4.36. The van der Waals surface area contributed by atoms with Crippen LogP contribution in [0.5, 0.6) is 0 Å². The summed E-state index contributed by atoms with van der Waals surface area (Å²) in [5.74, 6) is 2.59. The van der Waals surface area contributed by atoms with Crippen LogP contribution < -0.4 is 0 Å². The van der Waals surface area contributed by atoms with Gasteiger partial charge >= 0.3 is 0 Å². The summed E-state index contributed by atoms with van der Waals surface area (Å²) in [4.78, 5) is 0. The summed E-state index contributed by atoms with van der Waals surface area (Å²) >= 11 is 0. The standard InChI is InChI=1S/C20H41/c1-5-6-7-8-9-10-11-12-13-14-15-16-20(4)18-17-19(2)3/h19H,5-18H2,1-4H3. The van der Waals surface area contributed by atoms with Gasteiger partial charge in [0.25, 0.3) is 0 Å². The first-order valence-corrected chi connectivity index (χ1v) is 9.48. The molecule has 0 fully saturated rings. The van der Waals surface area contributed by atoms with E-state index in [1.807, 2.05) is 0 Å². The molecule has 121 valence electrons. The molecule has 0 atom stereocenters. The zero-order valence-electron chi connectivity index (χ0n) is 15.0. The molecule has 0 aromatic heterocycles. The van der Waals surface area contributed by atoms with E-state index in [1.54, 1.807) is 5.92 Å². The largest absolute Gasteiger partial charge is 0.0654 e. The Hall–Kier alpha value is 0. The van der Waals surface area contributed by atoms with Crippen molar-refractivity contribution in [2.24, 2.45) is 5.92 Å². The predicted octanol–water partition coefficient (Wildman–Crippen LogP) is 7.72. The van der Waals surface area contributed by atoms with E-state index in [1.165, 1.54) is 89.9 Å². The first-order chi connectivity index (χ1) is 9.66. The average molecular weight is 282 g/mol. The van der Waals surface area contributed by atoms with Gasteiger partial charge in [-0.1, -0.05) is 105 Å². The Balaban J connectivity index is 3.09. The molecule has 0 amide bonds. The first kappa shape index (κ1) is 20.0. The van der Waals surface area contributed by atoms with E-state index >= 15 is 0 Å². The predicted molar refractivity (Wildman–Crippen MR) is 94.1 cm³/mol. The minimum atomic E-state index is 0.863. The molecule has 0 bridgehead atoms. The minimum Gasteiger partial charge on any atom is -0.0654 e. The quantitative estimate of drug-likeness (QED) is 0.269. The summed E-state index contributed by atoms with van der Waals surface area (Å²) in [5, 5.41) is 0. The average Bonchev–Trinajstić information content (AvgIpc) is 2.42. The van der Waals surface area contributed by atoms with Gasteiger partial charge in [0.1, 0.15) is 0 Å². The highest BCUT2D eigenvalue weighted by Gasteiger charge is 2.04. The number of rotatable bonds is 15. The van der Waals surface area contributed by atoms with Crippen LogP contribution in [0.15, 0.2) is 0 Å². The van der Waals surface area contributed by atoms with Gasteiger partial charge in [-0.15, -0.1) is 0 Å². The van der Waals surface area contributed by atoms with Gasteiger partial charge in [-0.05, 0) is 24.7 Å². The van der Waals surface area contributed by atoms with Gasteiger partial charge < -0.3 is 0 Å². The highest BCUT2D eigenvalue weighted by atomic mass is 14.1. The van der Waals surface area contributed by atoms with Gasteiger partial charge in [-0.2, -0.15) is 0 Å². The van der Waals surface area contributed by atoms with Gasteiger partial charge in [0.15, 0.2) is 0 Å². The van der Waals surface area contributed by atoms with Crippen molar-refractivity contribution in [2.75, 3.05) is 0 Å².